The molecule has 1 N–H and O–H groups in total. The van der Waals surface area contributed by atoms with Gasteiger partial charge in [0, 0.05) is 6.54 Å². The number of hydrogen-bond acceptors (Lipinski definition) is 4. The van der Waals surface area contributed by atoms with E-state index in [0.29, 0.717) is 17.8 Å². The fourth-order valence-electron chi connectivity index (χ4n) is 2.40. The molecule has 0 radical (unpaired) electrons. The maximum Gasteiger partial charge on any atom is 0.308 e. The molecule has 120 valence electrons. The fraction of sp³-hybridized carbons (Fsp3) is 0.188. The quantitative estimate of drug-likeness (QED) is 0.770. The van der Waals surface area contributed by atoms with E-state index in [1.807, 2.05) is 30.3 Å². The molecule has 2 aromatic carbocycles. The highest BCUT2D eigenvalue weighted by Crippen LogP contribution is 2.22. The van der Waals surface area contributed by atoms with Gasteiger partial charge in [-0.25, -0.2) is 13.1 Å². The Balaban J connectivity index is 2.06. The molecule has 3 rings (SSSR count). The standard InChI is InChI=1S/C16H16N2O3S2/c1-2-17-23(20,21)13-8-9-14-15(10-13)22-16(19)18(14)11-12-6-4-3-5-7-12/h3-10,17H,2,11H2,1H3. The second kappa shape index (κ2) is 6.27. The molecule has 7 heteroatoms. The molecule has 3 aromatic rings. The molecule has 0 aliphatic rings. The molecule has 1 aromatic heterocycles. The van der Waals surface area contributed by atoms with Crippen LogP contribution in [0.2, 0.25) is 0 Å². The highest BCUT2D eigenvalue weighted by molar-refractivity contribution is 7.89. The number of nitrogens with zero attached hydrogens (tertiary/aromatic N) is 1. The summed E-state index contributed by atoms with van der Waals surface area (Å²) in [4.78, 5) is 12.3. The predicted octanol–water partition coefficient (Wildman–Crippen LogP) is 2.41. The van der Waals surface area contributed by atoms with E-state index in [1.165, 1.54) is 6.07 Å². The Kier molecular flexibility index (Phi) is 4.34. The van der Waals surface area contributed by atoms with Crippen molar-refractivity contribution >= 4 is 31.6 Å². The van der Waals surface area contributed by atoms with Crippen molar-refractivity contribution in [3.63, 3.8) is 0 Å². The molecular weight excluding hydrogens is 332 g/mol. The summed E-state index contributed by atoms with van der Waals surface area (Å²) >= 11 is 1.06. The van der Waals surface area contributed by atoms with Crippen LogP contribution in [0.3, 0.4) is 0 Å². The molecule has 0 saturated carbocycles. The van der Waals surface area contributed by atoms with Crippen LogP contribution in [-0.4, -0.2) is 19.5 Å². The summed E-state index contributed by atoms with van der Waals surface area (Å²) < 4.78 is 28.9. The third kappa shape index (κ3) is 3.21. The minimum atomic E-state index is -3.52. The number of nitrogens with one attached hydrogen (secondary N) is 1. The summed E-state index contributed by atoms with van der Waals surface area (Å²) in [5.41, 5.74) is 1.78. The third-order valence-corrected chi connectivity index (χ3v) is 5.95. The van der Waals surface area contributed by atoms with Crippen molar-refractivity contribution in [3.8, 4) is 0 Å². The number of thiazole rings is 1. The van der Waals surface area contributed by atoms with E-state index < -0.39 is 10.0 Å². The zero-order valence-corrected chi connectivity index (χ0v) is 14.2. The Hall–Kier alpha value is -1.96. The van der Waals surface area contributed by atoms with Gasteiger partial charge in [0.15, 0.2) is 0 Å². The molecule has 0 aliphatic carbocycles. The summed E-state index contributed by atoms with van der Waals surface area (Å²) in [7, 11) is -3.52. The Morgan fingerprint density at radius 1 is 1.13 bits per heavy atom. The van der Waals surface area contributed by atoms with Gasteiger partial charge in [-0.2, -0.15) is 0 Å². The maximum atomic E-state index is 12.2. The molecular formula is C16H16N2O3S2. The zero-order valence-electron chi connectivity index (χ0n) is 12.5. The van der Waals surface area contributed by atoms with Crippen LogP contribution >= 0.6 is 11.3 Å². The summed E-state index contributed by atoms with van der Waals surface area (Å²) in [5, 5.41) is 0. The first-order valence-electron chi connectivity index (χ1n) is 7.18. The Morgan fingerprint density at radius 3 is 2.57 bits per heavy atom. The van der Waals surface area contributed by atoms with Crippen LogP contribution < -0.4 is 9.60 Å². The van der Waals surface area contributed by atoms with Crippen LogP contribution in [-0.2, 0) is 16.6 Å². The van der Waals surface area contributed by atoms with Crippen LogP contribution in [0.15, 0.2) is 58.2 Å². The summed E-state index contributed by atoms with van der Waals surface area (Å²) in [6.07, 6.45) is 0. The lowest BCUT2D eigenvalue weighted by Gasteiger charge is -2.06. The topological polar surface area (TPSA) is 68.2 Å². The van der Waals surface area contributed by atoms with Gasteiger partial charge >= 0.3 is 4.87 Å². The van der Waals surface area contributed by atoms with E-state index in [1.54, 1.807) is 23.6 Å². The number of sulfonamides is 1. The first-order valence-corrected chi connectivity index (χ1v) is 9.48. The molecule has 23 heavy (non-hydrogen) atoms. The first kappa shape index (κ1) is 15.9. The lowest BCUT2D eigenvalue weighted by atomic mass is 10.2. The minimum absolute atomic E-state index is 0.0955. The average Bonchev–Trinajstić information content (AvgIpc) is 2.83. The summed E-state index contributed by atoms with van der Waals surface area (Å²) in [5.74, 6) is 0. The van der Waals surface area contributed by atoms with E-state index >= 15 is 0 Å². The Labute approximate surface area is 138 Å². The number of benzene rings is 2. The van der Waals surface area contributed by atoms with Crippen molar-refractivity contribution < 1.29 is 8.42 Å². The average molecular weight is 348 g/mol. The van der Waals surface area contributed by atoms with Gasteiger partial charge in [0.2, 0.25) is 10.0 Å². The number of aromatic nitrogens is 1. The van der Waals surface area contributed by atoms with Crippen LogP contribution in [0, 0.1) is 0 Å². The summed E-state index contributed by atoms with van der Waals surface area (Å²) in [6.45, 7) is 2.52. The molecule has 0 atom stereocenters. The minimum Gasteiger partial charge on any atom is -0.294 e. The smallest absolute Gasteiger partial charge is 0.294 e. The second-order valence-corrected chi connectivity index (χ2v) is 7.83. The van der Waals surface area contributed by atoms with Crippen LogP contribution in [0.5, 0.6) is 0 Å². The van der Waals surface area contributed by atoms with Gasteiger partial charge in [-0.3, -0.25) is 9.36 Å². The van der Waals surface area contributed by atoms with Crippen molar-refractivity contribution in [1.29, 1.82) is 0 Å². The third-order valence-electron chi connectivity index (χ3n) is 3.47. The van der Waals surface area contributed by atoms with Crippen LogP contribution in [0.1, 0.15) is 12.5 Å². The van der Waals surface area contributed by atoms with Crippen LogP contribution in [0.25, 0.3) is 10.2 Å². The highest BCUT2D eigenvalue weighted by Gasteiger charge is 2.15. The van der Waals surface area contributed by atoms with Crippen molar-refractivity contribution in [1.82, 2.24) is 9.29 Å². The SMILES string of the molecule is CCNS(=O)(=O)c1ccc2c(c1)sc(=O)n2Cc1ccccc1. The number of rotatable bonds is 5. The molecule has 0 bridgehead atoms. The van der Waals surface area contributed by atoms with Gasteiger partial charge in [-0.05, 0) is 23.8 Å². The van der Waals surface area contributed by atoms with E-state index in [9.17, 15) is 13.2 Å². The van der Waals surface area contributed by atoms with E-state index in [2.05, 4.69) is 4.72 Å². The van der Waals surface area contributed by atoms with Crippen molar-refractivity contribution in [3.05, 3.63) is 63.8 Å². The molecule has 0 saturated heterocycles. The molecule has 0 aliphatic heterocycles. The highest BCUT2D eigenvalue weighted by atomic mass is 32.2. The van der Waals surface area contributed by atoms with Crippen LogP contribution in [0.4, 0.5) is 0 Å². The summed E-state index contributed by atoms with van der Waals surface area (Å²) in [6, 6.07) is 14.5. The van der Waals surface area contributed by atoms with Crippen molar-refractivity contribution in [2.45, 2.75) is 18.4 Å². The number of hydrogen-bond donors (Lipinski definition) is 1. The van der Waals surface area contributed by atoms with Gasteiger partial charge in [0.05, 0.1) is 21.7 Å². The number of fused-ring (bicyclic) bond motifs is 1. The van der Waals surface area contributed by atoms with Gasteiger partial charge in [0.25, 0.3) is 0 Å². The maximum absolute atomic E-state index is 12.2. The molecule has 0 spiro atoms. The van der Waals surface area contributed by atoms with Gasteiger partial charge in [-0.15, -0.1) is 0 Å². The van der Waals surface area contributed by atoms with Crippen molar-refractivity contribution in [2.24, 2.45) is 0 Å². The Morgan fingerprint density at radius 2 is 1.87 bits per heavy atom. The molecule has 0 fully saturated rings. The fourth-order valence-corrected chi connectivity index (χ4v) is 4.47. The lowest BCUT2D eigenvalue weighted by Crippen LogP contribution is -2.23. The van der Waals surface area contributed by atoms with Gasteiger partial charge in [0.1, 0.15) is 0 Å². The van der Waals surface area contributed by atoms with Gasteiger partial charge < -0.3 is 0 Å². The largest absolute Gasteiger partial charge is 0.308 e. The zero-order chi connectivity index (χ0) is 16.4. The lowest BCUT2D eigenvalue weighted by molar-refractivity contribution is 0.584. The monoisotopic (exact) mass is 348 g/mol. The van der Waals surface area contributed by atoms with E-state index in [0.717, 1.165) is 22.4 Å². The second-order valence-electron chi connectivity index (χ2n) is 5.07. The molecule has 5 nitrogen and oxygen atoms in total. The Bertz CT molecular complexity index is 989. The van der Waals surface area contributed by atoms with Crippen molar-refractivity contribution in [2.75, 3.05) is 6.54 Å². The molecule has 0 amide bonds. The molecule has 1 heterocycles. The molecule has 0 unspecified atom stereocenters. The normalized spacial score (nSPS) is 11.9. The van der Waals surface area contributed by atoms with Gasteiger partial charge in [-0.1, -0.05) is 48.6 Å². The first-order chi connectivity index (χ1) is 11.0. The predicted molar refractivity (Wildman–Crippen MR) is 92.5 cm³/mol. The van der Waals surface area contributed by atoms with E-state index in [-0.39, 0.29) is 9.77 Å². The van der Waals surface area contributed by atoms with E-state index in [4.69, 9.17) is 0 Å².